The molecule has 0 aliphatic heterocycles. The fourth-order valence-corrected chi connectivity index (χ4v) is 1.64. The molecule has 0 spiro atoms. The summed E-state index contributed by atoms with van der Waals surface area (Å²) in [5.74, 6) is -1.77. The second-order valence-corrected chi connectivity index (χ2v) is 4.78. The van der Waals surface area contributed by atoms with Gasteiger partial charge in [-0.3, -0.25) is 9.59 Å². The van der Waals surface area contributed by atoms with Gasteiger partial charge in [-0.25, -0.2) is 4.39 Å². The third kappa shape index (κ3) is 4.29. The summed E-state index contributed by atoms with van der Waals surface area (Å²) in [6.07, 6.45) is 0.177. The highest BCUT2D eigenvalue weighted by atomic mass is 79.9. The molecule has 0 radical (unpaired) electrons. The highest BCUT2D eigenvalue weighted by molar-refractivity contribution is 9.11. The van der Waals surface area contributed by atoms with Crippen molar-refractivity contribution in [2.75, 3.05) is 0 Å². The lowest BCUT2D eigenvalue weighted by Crippen LogP contribution is -2.44. The molecular formula is C12H12BrFN2O2. The number of carbonyl (C=O) groups excluding carboxylic acids is 2. The van der Waals surface area contributed by atoms with Crippen LogP contribution in [0.3, 0.4) is 0 Å². The van der Waals surface area contributed by atoms with Gasteiger partial charge in [-0.15, -0.1) is 0 Å². The van der Waals surface area contributed by atoms with Crippen LogP contribution in [0.15, 0.2) is 35.3 Å². The van der Waals surface area contributed by atoms with Gasteiger partial charge < -0.3 is 11.1 Å². The van der Waals surface area contributed by atoms with Crippen molar-refractivity contribution in [1.29, 1.82) is 0 Å². The minimum atomic E-state index is -0.882. The first-order chi connectivity index (χ1) is 8.40. The zero-order valence-electron chi connectivity index (χ0n) is 9.45. The zero-order valence-corrected chi connectivity index (χ0v) is 11.0. The Morgan fingerprint density at radius 2 is 2.17 bits per heavy atom. The third-order valence-electron chi connectivity index (χ3n) is 2.16. The number of hydrogen-bond acceptors (Lipinski definition) is 2. The summed E-state index contributed by atoms with van der Waals surface area (Å²) in [6.45, 7) is 3.57. The number of nitrogens with one attached hydrogen (secondary N) is 1. The lowest BCUT2D eigenvalue weighted by Gasteiger charge is -2.14. The predicted octanol–water partition coefficient (Wildman–Crippen LogP) is 1.71. The molecule has 3 N–H and O–H groups in total. The van der Waals surface area contributed by atoms with Gasteiger partial charge in [0.25, 0.3) is 5.91 Å². The Balaban J connectivity index is 2.78. The van der Waals surface area contributed by atoms with E-state index >= 15 is 0 Å². The molecule has 0 aromatic heterocycles. The maximum absolute atomic E-state index is 12.9. The van der Waals surface area contributed by atoms with E-state index in [0.717, 1.165) is 6.07 Å². The number of halogens is 2. The predicted molar refractivity (Wildman–Crippen MR) is 69.5 cm³/mol. The molecule has 1 atom stereocenters. The van der Waals surface area contributed by atoms with Crippen molar-refractivity contribution in [3.8, 4) is 0 Å². The second kappa shape index (κ2) is 6.30. The van der Waals surface area contributed by atoms with Gasteiger partial charge >= 0.3 is 0 Å². The first kappa shape index (κ1) is 14.4. The number of carbonyl (C=O) groups is 2. The summed E-state index contributed by atoms with van der Waals surface area (Å²) in [7, 11) is 0. The monoisotopic (exact) mass is 314 g/mol. The molecule has 0 aliphatic carbocycles. The molecule has 0 unspecified atom stereocenters. The van der Waals surface area contributed by atoms with E-state index in [9.17, 15) is 14.0 Å². The maximum atomic E-state index is 12.9. The fourth-order valence-electron chi connectivity index (χ4n) is 1.32. The maximum Gasteiger partial charge on any atom is 0.252 e. The van der Waals surface area contributed by atoms with Crippen molar-refractivity contribution in [2.24, 2.45) is 5.73 Å². The van der Waals surface area contributed by atoms with Crippen LogP contribution in [0.5, 0.6) is 0 Å². The van der Waals surface area contributed by atoms with Crippen molar-refractivity contribution in [2.45, 2.75) is 12.5 Å². The fraction of sp³-hybridized carbons (Fsp3) is 0.167. The molecule has 18 heavy (non-hydrogen) atoms. The molecule has 1 aromatic carbocycles. The summed E-state index contributed by atoms with van der Waals surface area (Å²) < 4.78 is 13.5. The number of rotatable bonds is 5. The van der Waals surface area contributed by atoms with E-state index in [2.05, 4.69) is 27.8 Å². The lowest BCUT2D eigenvalue weighted by molar-refractivity contribution is -0.119. The average molecular weight is 315 g/mol. The Labute approximate surface area is 112 Å². The van der Waals surface area contributed by atoms with Gasteiger partial charge in [0.1, 0.15) is 11.9 Å². The van der Waals surface area contributed by atoms with Gasteiger partial charge in [-0.05, 0) is 22.7 Å². The first-order valence-electron chi connectivity index (χ1n) is 5.09. The Kier molecular flexibility index (Phi) is 5.03. The van der Waals surface area contributed by atoms with Gasteiger partial charge in [0, 0.05) is 12.0 Å². The average Bonchev–Trinajstić information content (AvgIpc) is 2.27. The molecule has 1 aromatic rings. The van der Waals surface area contributed by atoms with Crippen LogP contribution in [0.1, 0.15) is 16.8 Å². The van der Waals surface area contributed by atoms with E-state index in [0.29, 0.717) is 4.48 Å². The molecule has 6 heteroatoms. The molecule has 4 nitrogen and oxygen atoms in total. The van der Waals surface area contributed by atoms with Crippen LogP contribution in [0, 0.1) is 5.82 Å². The number of nitrogens with two attached hydrogens (primary N) is 1. The number of amides is 2. The largest absolute Gasteiger partial charge is 0.368 e. The Morgan fingerprint density at radius 1 is 1.50 bits per heavy atom. The Morgan fingerprint density at radius 3 is 2.67 bits per heavy atom. The summed E-state index contributed by atoms with van der Waals surface area (Å²) in [6, 6.07) is 4.28. The van der Waals surface area contributed by atoms with Crippen LogP contribution in [0.2, 0.25) is 0 Å². The van der Waals surface area contributed by atoms with E-state index < -0.39 is 23.7 Å². The summed E-state index contributed by atoms with van der Waals surface area (Å²) in [4.78, 5) is 22.9. The standard InChI is InChI=1S/C12H12BrFN2O2/c1-7(13)5-10(11(15)17)16-12(18)8-3-2-4-9(14)6-8/h2-4,6,10H,1,5H2,(H2,15,17)(H,16,18)/t10-/m1/s1. The van der Waals surface area contributed by atoms with Crippen LogP contribution in [-0.4, -0.2) is 17.9 Å². The highest BCUT2D eigenvalue weighted by Crippen LogP contribution is 2.11. The summed E-state index contributed by atoms with van der Waals surface area (Å²) in [5.41, 5.74) is 5.28. The van der Waals surface area contributed by atoms with Gasteiger partial charge in [-0.1, -0.05) is 28.6 Å². The second-order valence-electron chi connectivity index (χ2n) is 3.66. The third-order valence-corrected chi connectivity index (χ3v) is 2.48. The summed E-state index contributed by atoms with van der Waals surface area (Å²) in [5, 5.41) is 2.42. The molecule has 0 fully saturated rings. The van der Waals surface area contributed by atoms with E-state index in [-0.39, 0.29) is 12.0 Å². The molecule has 0 bridgehead atoms. The molecule has 0 heterocycles. The van der Waals surface area contributed by atoms with E-state index in [1.807, 2.05) is 0 Å². The number of benzene rings is 1. The highest BCUT2D eigenvalue weighted by Gasteiger charge is 2.19. The van der Waals surface area contributed by atoms with Crippen molar-refractivity contribution in [3.05, 3.63) is 46.7 Å². The minimum absolute atomic E-state index is 0.126. The normalized spacial score (nSPS) is 11.7. The molecule has 0 aliphatic rings. The number of primary amides is 1. The van der Waals surface area contributed by atoms with Crippen LogP contribution in [-0.2, 0) is 4.79 Å². The minimum Gasteiger partial charge on any atom is -0.368 e. The van der Waals surface area contributed by atoms with Crippen molar-refractivity contribution >= 4 is 27.7 Å². The van der Waals surface area contributed by atoms with E-state index in [1.165, 1.54) is 18.2 Å². The zero-order chi connectivity index (χ0) is 13.7. The molecule has 2 amide bonds. The smallest absolute Gasteiger partial charge is 0.252 e. The van der Waals surface area contributed by atoms with Gasteiger partial charge in [0.05, 0.1) is 0 Å². The van der Waals surface area contributed by atoms with E-state index in [4.69, 9.17) is 5.73 Å². The number of hydrogen-bond donors (Lipinski definition) is 2. The van der Waals surface area contributed by atoms with Gasteiger partial charge in [-0.2, -0.15) is 0 Å². The quantitative estimate of drug-likeness (QED) is 0.868. The Hall–Kier alpha value is -1.69. The van der Waals surface area contributed by atoms with Gasteiger partial charge in [0.2, 0.25) is 5.91 Å². The Bertz CT molecular complexity index is 491. The van der Waals surface area contributed by atoms with Crippen LogP contribution in [0.4, 0.5) is 4.39 Å². The summed E-state index contributed by atoms with van der Waals surface area (Å²) >= 11 is 3.09. The SMILES string of the molecule is C=C(Br)C[C@@H](NC(=O)c1cccc(F)c1)C(N)=O. The van der Waals surface area contributed by atoms with E-state index in [1.54, 1.807) is 0 Å². The first-order valence-corrected chi connectivity index (χ1v) is 5.88. The molecule has 0 saturated heterocycles. The molecule has 96 valence electrons. The molecular weight excluding hydrogens is 303 g/mol. The van der Waals surface area contributed by atoms with Gasteiger partial charge in [0.15, 0.2) is 0 Å². The van der Waals surface area contributed by atoms with Crippen molar-refractivity contribution in [3.63, 3.8) is 0 Å². The molecule has 0 saturated carbocycles. The van der Waals surface area contributed by atoms with Crippen LogP contribution in [0.25, 0.3) is 0 Å². The lowest BCUT2D eigenvalue weighted by atomic mass is 10.1. The van der Waals surface area contributed by atoms with Crippen LogP contribution < -0.4 is 11.1 Å². The van der Waals surface area contributed by atoms with Crippen LogP contribution >= 0.6 is 15.9 Å². The topological polar surface area (TPSA) is 72.2 Å². The van der Waals surface area contributed by atoms with Crippen molar-refractivity contribution < 1.29 is 14.0 Å². The van der Waals surface area contributed by atoms with Crippen molar-refractivity contribution in [1.82, 2.24) is 5.32 Å². The molecule has 1 rings (SSSR count).